The number of hydrogen-bond acceptors (Lipinski definition) is 3. The van der Waals surface area contributed by atoms with Crippen molar-refractivity contribution in [3.05, 3.63) is 29.3 Å². The highest BCUT2D eigenvalue weighted by Crippen LogP contribution is 2.17. The maximum Gasteiger partial charge on any atom is 0.119 e. The summed E-state index contributed by atoms with van der Waals surface area (Å²) in [4.78, 5) is 0. The lowest BCUT2D eigenvalue weighted by molar-refractivity contribution is 0.146. The third-order valence-corrected chi connectivity index (χ3v) is 2.12. The molecule has 0 aliphatic rings. The van der Waals surface area contributed by atoms with Crippen molar-refractivity contribution in [3.63, 3.8) is 0 Å². The van der Waals surface area contributed by atoms with Gasteiger partial charge in [-0.25, -0.2) is 0 Å². The third-order valence-electron chi connectivity index (χ3n) is 2.12. The number of aryl methyl sites for hydroxylation is 2. The summed E-state index contributed by atoms with van der Waals surface area (Å²) in [6.45, 7) is 6.03. The van der Waals surface area contributed by atoms with Crippen molar-refractivity contribution in [2.24, 2.45) is 5.73 Å². The lowest BCUT2D eigenvalue weighted by Crippen LogP contribution is -2.45. The number of aliphatic hydroxyl groups excluding tert-OH is 1. The van der Waals surface area contributed by atoms with Gasteiger partial charge in [-0.3, -0.25) is 0 Å². The lowest BCUT2D eigenvalue weighted by atomic mass is 10.1. The zero-order chi connectivity index (χ0) is 11.5. The molecule has 0 aromatic heterocycles. The average molecular weight is 209 g/mol. The van der Waals surface area contributed by atoms with Crippen LogP contribution in [0.25, 0.3) is 0 Å². The standard InChI is InChI=1S/C12H19NO2/c1-9-4-10(2)6-11(5-9)15-8-12(3,13)7-14/h4-6,14H,7-8,13H2,1-3H3. The molecule has 3 N–H and O–H groups in total. The van der Waals surface area contributed by atoms with Crippen LogP contribution in [0.4, 0.5) is 0 Å². The first kappa shape index (κ1) is 12.0. The second kappa shape index (κ2) is 4.64. The number of benzene rings is 1. The Morgan fingerprint density at radius 2 is 1.80 bits per heavy atom. The molecule has 1 aromatic carbocycles. The van der Waals surface area contributed by atoms with Crippen LogP contribution in [0.2, 0.25) is 0 Å². The quantitative estimate of drug-likeness (QED) is 0.788. The molecule has 0 spiro atoms. The summed E-state index contributed by atoms with van der Waals surface area (Å²) in [5.41, 5.74) is 7.40. The molecule has 1 rings (SSSR count). The molecule has 3 nitrogen and oxygen atoms in total. The molecule has 0 bridgehead atoms. The van der Waals surface area contributed by atoms with Crippen LogP contribution in [0.3, 0.4) is 0 Å². The summed E-state index contributed by atoms with van der Waals surface area (Å²) in [6.07, 6.45) is 0. The summed E-state index contributed by atoms with van der Waals surface area (Å²) in [5.74, 6) is 0.803. The van der Waals surface area contributed by atoms with Gasteiger partial charge in [0.05, 0.1) is 12.1 Å². The Balaban J connectivity index is 2.65. The van der Waals surface area contributed by atoms with Crippen molar-refractivity contribution in [1.82, 2.24) is 0 Å². The Bertz CT molecular complexity index is 314. The second-order valence-corrected chi connectivity index (χ2v) is 4.42. The van der Waals surface area contributed by atoms with E-state index in [2.05, 4.69) is 6.07 Å². The highest BCUT2D eigenvalue weighted by Gasteiger charge is 2.17. The van der Waals surface area contributed by atoms with Crippen molar-refractivity contribution in [2.45, 2.75) is 26.3 Å². The van der Waals surface area contributed by atoms with Crippen LogP contribution in [-0.2, 0) is 0 Å². The van der Waals surface area contributed by atoms with Crippen molar-refractivity contribution >= 4 is 0 Å². The van der Waals surface area contributed by atoms with Crippen molar-refractivity contribution in [3.8, 4) is 5.75 Å². The third kappa shape index (κ3) is 3.90. The van der Waals surface area contributed by atoms with Gasteiger partial charge < -0.3 is 15.6 Å². The molecule has 0 saturated heterocycles. The minimum Gasteiger partial charge on any atom is -0.492 e. The van der Waals surface area contributed by atoms with Gasteiger partial charge in [-0.05, 0) is 44.0 Å². The number of hydrogen-bond donors (Lipinski definition) is 2. The average Bonchev–Trinajstić information content (AvgIpc) is 2.14. The van der Waals surface area contributed by atoms with E-state index in [4.69, 9.17) is 15.6 Å². The van der Waals surface area contributed by atoms with E-state index >= 15 is 0 Å². The van der Waals surface area contributed by atoms with Crippen LogP contribution in [-0.4, -0.2) is 23.9 Å². The first-order valence-electron chi connectivity index (χ1n) is 5.04. The predicted molar refractivity (Wildman–Crippen MR) is 61.1 cm³/mol. The van der Waals surface area contributed by atoms with Gasteiger partial charge in [0.2, 0.25) is 0 Å². The normalized spacial score (nSPS) is 14.7. The molecule has 0 saturated carbocycles. The molecule has 0 heterocycles. The van der Waals surface area contributed by atoms with Crippen molar-refractivity contribution in [2.75, 3.05) is 13.2 Å². The zero-order valence-corrected chi connectivity index (χ0v) is 9.58. The minimum atomic E-state index is -0.683. The summed E-state index contributed by atoms with van der Waals surface area (Å²) in [7, 11) is 0. The van der Waals surface area contributed by atoms with E-state index in [0.29, 0.717) is 6.61 Å². The van der Waals surface area contributed by atoms with E-state index < -0.39 is 5.54 Å². The molecule has 0 aliphatic heterocycles. The fourth-order valence-electron chi connectivity index (χ4n) is 1.31. The van der Waals surface area contributed by atoms with E-state index in [1.807, 2.05) is 26.0 Å². The molecule has 0 radical (unpaired) electrons. The lowest BCUT2D eigenvalue weighted by Gasteiger charge is -2.22. The van der Waals surface area contributed by atoms with Gasteiger partial charge in [-0.15, -0.1) is 0 Å². The highest BCUT2D eigenvalue weighted by atomic mass is 16.5. The van der Waals surface area contributed by atoms with E-state index in [-0.39, 0.29) is 6.61 Å². The fourth-order valence-corrected chi connectivity index (χ4v) is 1.31. The molecule has 0 fully saturated rings. The Labute approximate surface area is 90.9 Å². The molecular formula is C12H19NO2. The predicted octanol–water partition coefficient (Wildman–Crippen LogP) is 1.39. The van der Waals surface area contributed by atoms with Gasteiger partial charge in [0.1, 0.15) is 12.4 Å². The minimum absolute atomic E-state index is 0.0855. The van der Waals surface area contributed by atoms with Gasteiger partial charge in [0.25, 0.3) is 0 Å². The molecule has 1 unspecified atom stereocenters. The van der Waals surface area contributed by atoms with Crippen LogP contribution < -0.4 is 10.5 Å². The van der Waals surface area contributed by atoms with Gasteiger partial charge in [0, 0.05) is 0 Å². The second-order valence-electron chi connectivity index (χ2n) is 4.42. The van der Waals surface area contributed by atoms with Crippen molar-refractivity contribution in [1.29, 1.82) is 0 Å². The molecular weight excluding hydrogens is 190 g/mol. The maximum atomic E-state index is 8.98. The Morgan fingerprint density at radius 1 is 1.27 bits per heavy atom. The van der Waals surface area contributed by atoms with Crippen molar-refractivity contribution < 1.29 is 9.84 Å². The first-order chi connectivity index (χ1) is 6.93. The van der Waals surface area contributed by atoms with Gasteiger partial charge in [-0.2, -0.15) is 0 Å². The Kier molecular flexibility index (Phi) is 3.72. The van der Waals surface area contributed by atoms with Gasteiger partial charge in [0.15, 0.2) is 0 Å². The van der Waals surface area contributed by atoms with Crippen LogP contribution in [0.5, 0.6) is 5.75 Å². The summed E-state index contributed by atoms with van der Waals surface area (Å²) >= 11 is 0. The molecule has 0 aliphatic carbocycles. The van der Waals surface area contributed by atoms with Crippen LogP contribution >= 0.6 is 0 Å². The highest BCUT2D eigenvalue weighted by molar-refractivity contribution is 5.33. The smallest absolute Gasteiger partial charge is 0.119 e. The van der Waals surface area contributed by atoms with Crippen LogP contribution in [0.15, 0.2) is 18.2 Å². The molecule has 1 aromatic rings. The molecule has 1 atom stereocenters. The van der Waals surface area contributed by atoms with Gasteiger partial charge >= 0.3 is 0 Å². The van der Waals surface area contributed by atoms with Gasteiger partial charge in [-0.1, -0.05) is 6.07 Å². The van der Waals surface area contributed by atoms with E-state index in [1.165, 1.54) is 0 Å². The monoisotopic (exact) mass is 209 g/mol. The Hall–Kier alpha value is -1.06. The first-order valence-corrected chi connectivity index (χ1v) is 5.04. The topological polar surface area (TPSA) is 55.5 Å². The summed E-state index contributed by atoms with van der Waals surface area (Å²) in [6, 6.07) is 6.00. The van der Waals surface area contributed by atoms with E-state index in [1.54, 1.807) is 6.92 Å². The summed E-state index contributed by atoms with van der Waals surface area (Å²) < 4.78 is 5.54. The number of nitrogens with two attached hydrogens (primary N) is 1. The number of aliphatic hydroxyl groups is 1. The van der Waals surface area contributed by atoms with E-state index in [9.17, 15) is 0 Å². The fraction of sp³-hybridized carbons (Fsp3) is 0.500. The Morgan fingerprint density at radius 3 is 2.27 bits per heavy atom. The molecule has 3 heteroatoms. The van der Waals surface area contributed by atoms with E-state index in [0.717, 1.165) is 16.9 Å². The zero-order valence-electron chi connectivity index (χ0n) is 9.58. The molecule has 84 valence electrons. The van der Waals surface area contributed by atoms with Crippen LogP contribution in [0.1, 0.15) is 18.1 Å². The largest absolute Gasteiger partial charge is 0.492 e. The molecule has 15 heavy (non-hydrogen) atoms. The molecule has 0 amide bonds. The summed E-state index contributed by atoms with van der Waals surface area (Å²) in [5, 5.41) is 8.98. The maximum absolute atomic E-state index is 8.98. The number of ether oxygens (including phenoxy) is 1. The van der Waals surface area contributed by atoms with Crippen LogP contribution in [0, 0.1) is 13.8 Å². The number of rotatable bonds is 4. The SMILES string of the molecule is Cc1cc(C)cc(OCC(C)(N)CO)c1.